The van der Waals surface area contributed by atoms with Crippen LogP contribution in [-0.2, 0) is 54.9 Å². The molecular formula is C113H82F5N17O2S. The van der Waals surface area contributed by atoms with Gasteiger partial charge in [0.25, 0.3) is 0 Å². The van der Waals surface area contributed by atoms with Crippen molar-refractivity contribution in [2.75, 3.05) is 12.0 Å². The molecule has 0 amide bonds. The smallest absolute Gasteiger partial charge is 0.159 e. The number of aromatic nitrogens is 10. The van der Waals surface area contributed by atoms with E-state index in [9.17, 15) is 30.4 Å². The Morgan fingerprint density at radius 1 is 0.268 bits per heavy atom. The first-order valence-corrected chi connectivity index (χ1v) is 46.2. The zero-order valence-corrected chi connectivity index (χ0v) is 75.3. The minimum Gasteiger partial charge on any atom is -0.399 e. The Kier molecular flexibility index (Phi) is 26.5. The number of nitrogens with two attached hydrogens (primary N) is 1. The summed E-state index contributed by atoms with van der Waals surface area (Å²) < 4.78 is 89.8. The molecule has 8 aromatic carbocycles. The van der Waals surface area contributed by atoms with E-state index in [1.165, 1.54) is 52.8 Å². The van der Waals surface area contributed by atoms with E-state index < -0.39 is 33.1 Å². The molecule has 2 N–H and O–H groups in total. The van der Waals surface area contributed by atoms with E-state index in [1.807, 2.05) is 159 Å². The number of aliphatic imine (C=N–C) groups is 6. The van der Waals surface area contributed by atoms with E-state index in [4.69, 9.17) is 5.73 Å². The number of nitrogens with zero attached hydrogens (tertiary/aromatic N) is 16. The first-order chi connectivity index (χ1) is 67.4. The summed E-state index contributed by atoms with van der Waals surface area (Å²) in [5.41, 5.74) is 43.2. The maximum Gasteiger partial charge on any atom is 0.159 e. The van der Waals surface area contributed by atoms with Gasteiger partial charge >= 0.3 is 0 Å². The third kappa shape index (κ3) is 20.7. The topological polar surface area (TPSA) is 263 Å². The summed E-state index contributed by atoms with van der Waals surface area (Å²) >= 11 is 0. The molecule has 138 heavy (non-hydrogen) atoms. The number of anilines is 1. The Bertz CT molecular complexity index is 7750. The number of sulfone groups is 1. The molecule has 0 spiro atoms. The van der Waals surface area contributed by atoms with E-state index >= 15 is 0 Å². The molecule has 6 aliphatic rings. The summed E-state index contributed by atoms with van der Waals surface area (Å²) in [5.74, 6) is -3.75. The predicted molar refractivity (Wildman–Crippen MR) is 537 cm³/mol. The van der Waals surface area contributed by atoms with Gasteiger partial charge in [-0.3, -0.25) is 79.8 Å². The summed E-state index contributed by atoms with van der Waals surface area (Å²) in [6.07, 6.45) is 30.1. The lowest BCUT2D eigenvalue weighted by atomic mass is 9.96. The van der Waals surface area contributed by atoms with E-state index in [2.05, 4.69) is 172 Å². The number of rotatable bonds is 14. The van der Waals surface area contributed by atoms with Gasteiger partial charge < -0.3 is 5.73 Å². The summed E-state index contributed by atoms with van der Waals surface area (Å²) in [5, 5.41) is 0. The van der Waals surface area contributed by atoms with Crippen LogP contribution >= 0.6 is 0 Å². The van der Waals surface area contributed by atoms with Gasteiger partial charge in [-0.2, -0.15) is 0 Å². The fourth-order valence-corrected chi connectivity index (χ4v) is 17.5. The molecular weight excluding hydrogens is 1750 g/mol. The van der Waals surface area contributed by atoms with Crippen molar-refractivity contribution in [3.63, 3.8) is 0 Å². The lowest BCUT2D eigenvalue weighted by Crippen LogP contribution is -2.01. The Hall–Kier alpha value is -17.3. The normalized spacial score (nSPS) is 12.5. The van der Waals surface area contributed by atoms with Gasteiger partial charge in [-0.15, -0.1) is 0 Å². The highest BCUT2D eigenvalue weighted by Gasteiger charge is 2.23. The van der Waals surface area contributed by atoms with Crippen molar-refractivity contribution in [2.24, 2.45) is 30.0 Å². The van der Waals surface area contributed by atoms with Crippen molar-refractivity contribution in [3.05, 3.63) is 436 Å². The number of nitrogen functional groups attached to an aromatic ring is 1. The van der Waals surface area contributed by atoms with Crippen molar-refractivity contribution in [1.29, 1.82) is 0 Å². The lowest BCUT2D eigenvalue weighted by molar-refractivity contribution is 0.509. The monoisotopic (exact) mass is 1840 g/mol. The van der Waals surface area contributed by atoms with Crippen molar-refractivity contribution in [3.8, 4) is 134 Å². The fourth-order valence-electron chi connectivity index (χ4n) is 16.8. The third-order valence-corrected chi connectivity index (χ3v) is 24.3. The van der Waals surface area contributed by atoms with Gasteiger partial charge in [-0.1, -0.05) is 115 Å². The second-order valence-corrected chi connectivity index (χ2v) is 35.3. The quantitative estimate of drug-likeness (QED) is 0.0785. The Balaban J connectivity index is 0.000000106. The minimum absolute atomic E-state index is 0.0261. The van der Waals surface area contributed by atoms with E-state index in [1.54, 1.807) is 73.9 Å². The highest BCUT2D eigenvalue weighted by Crippen LogP contribution is 2.40. The molecule has 0 unspecified atom stereocenters. The number of pyridine rings is 10. The summed E-state index contributed by atoms with van der Waals surface area (Å²) in [7, 11) is -3.08. The van der Waals surface area contributed by atoms with E-state index in [-0.39, 0.29) is 11.6 Å². The molecule has 25 heteroatoms. The molecule has 0 atom stereocenters. The van der Waals surface area contributed by atoms with Crippen LogP contribution in [0.25, 0.3) is 134 Å². The molecule has 0 fully saturated rings. The number of benzene rings is 8. The molecule has 0 saturated carbocycles. The summed E-state index contributed by atoms with van der Waals surface area (Å²) in [6.45, 7) is 6.14. The average molecular weight is 1840 g/mol. The van der Waals surface area contributed by atoms with Crippen LogP contribution in [0.5, 0.6) is 0 Å². The van der Waals surface area contributed by atoms with Crippen molar-refractivity contribution >= 4 is 52.8 Å². The van der Waals surface area contributed by atoms with Crippen LogP contribution in [0.15, 0.2) is 359 Å². The molecule has 18 aromatic rings. The van der Waals surface area contributed by atoms with Gasteiger partial charge in [0, 0.05) is 222 Å². The average Bonchev–Trinajstić information content (AvgIpc) is 1.69. The molecule has 0 radical (unpaired) electrons. The second kappa shape index (κ2) is 40.6. The zero-order chi connectivity index (χ0) is 94.6. The van der Waals surface area contributed by atoms with Crippen LogP contribution in [0.4, 0.5) is 27.6 Å². The Labute approximate surface area is 792 Å². The largest absolute Gasteiger partial charge is 0.399 e. The molecule has 24 rings (SSSR count). The van der Waals surface area contributed by atoms with Gasteiger partial charge in [0.1, 0.15) is 5.82 Å². The molecule has 10 aromatic heterocycles. The van der Waals surface area contributed by atoms with Gasteiger partial charge in [0.15, 0.2) is 33.1 Å². The van der Waals surface area contributed by atoms with Gasteiger partial charge in [0.05, 0.1) is 102 Å². The number of hydrogen-bond acceptors (Lipinski definition) is 19. The van der Waals surface area contributed by atoms with Gasteiger partial charge in [-0.25, -0.2) is 30.4 Å². The molecule has 672 valence electrons. The van der Waals surface area contributed by atoms with Crippen LogP contribution in [0.3, 0.4) is 0 Å². The SMILES string of the molecule is CS(=O)(=O)Cc1cccc(-c2ncccc2-c2ccc3c(c2)C=NC3)c1.Cc1cccc(-c2ncccc2-c2cnc3c(c2)C=NC3)c1.Fc1ccc(-c2ncccc2-c2cnc3c(c2)C=NC3)cc1.Fc1ccc(-c2ncccc2-c2cnc3c(c2)C=NC3)cc1F.Fc1ccc(-c2ncccc2-c2cnc3c(c2)C=NC3)cc1F.Nc1cccc(-c2ncccc2-c2ccc3c(c2)C=NC3)c1. The highest BCUT2D eigenvalue weighted by atomic mass is 32.2. The number of fused-ring (bicyclic) bond motifs is 6. The van der Waals surface area contributed by atoms with E-state index in [0.717, 1.165) is 211 Å². The van der Waals surface area contributed by atoms with E-state index in [0.29, 0.717) is 48.7 Å². The standard InChI is InChI=1S/C21H18N2O2S.2C19H15N3.2C18H11F2N3.C18H12FN3/c1-26(24,25)14-15-4-2-5-17(10-15)21-20(6-3-9-23-21)16-7-8-18-12-22-13-19(18)11-16;1-13-4-2-5-14(8-13)19-17(6-3-7-21-19)15-9-16-10-20-12-18(16)22-11-15;20-17-4-1-3-14(10-17)19-18(5-2-8-22-19)13-6-7-15-11-21-12-16(15)9-13;2*19-15-4-3-11(7-16(15)20)18-14(2-1-5-22-18)12-6-13-8-21-10-17(13)23-9-12;19-15-5-3-12(4-6-15)18-16(2-1-7-21-18)13-8-14-9-20-11-17(14)22-10-13/h2-11,13H,12,14H2,1H3;2-11H,12H2,1H3;1-10,12H,11,20H2;2*1-9H,10H2;1-10H,11H2. The summed E-state index contributed by atoms with van der Waals surface area (Å²) in [6, 6.07) is 82.1. The summed E-state index contributed by atoms with van der Waals surface area (Å²) in [4.78, 5) is 70.3. The van der Waals surface area contributed by atoms with Gasteiger partial charge in [0.2, 0.25) is 0 Å². The zero-order valence-electron chi connectivity index (χ0n) is 74.4. The molecule has 0 saturated heterocycles. The van der Waals surface area contributed by atoms with Crippen LogP contribution in [0.2, 0.25) is 0 Å². The maximum atomic E-state index is 13.5. The molecule has 19 nitrogen and oxygen atoms in total. The van der Waals surface area contributed by atoms with Crippen molar-refractivity contribution in [2.45, 2.75) is 51.9 Å². The van der Waals surface area contributed by atoms with Crippen LogP contribution in [0, 0.1) is 36.0 Å². The second-order valence-electron chi connectivity index (χ2n) is 33.1. The first kappa shape index (κ1) is 89.9. The first-order valence-electron chi connectivity index (χ1n) is 44.2. The molecule has 6 aliphatic heterocycles. The number of halogens is 5. The lowest BCUT2D eigenvalue weighted by Gasteiger charge is -2.11. The van der Waals surface area contributed by atoms with Crippen molar-refractivity contribution in [1.82, 2.24) is 49.8 Å². The predicted octanol–water partition coefficient (Wildman–Crippen LogP) is 23.8. The Morgan fingerprint density at radius 2 is 0.572 bits per heavy atom. The van der Waals surface area contributed by atoms with Crippen LogP contribution in [0.1, 0.15) is 78.4 Å². The fraction of sp³-hybridized carbons (Fsp3) is 0.0796. The number of hydrogen-bond donors (Lipinski definition) is 1. The molecule has 0 aliphatic carbocycles. The molecule has 16 heterocycles. The Morgan fingerprint density at radius 3 is 0.935 bits per heavy atom. The van der Waals surface area contributed by atoms with Gasteiger partial charge in [-0.05, 0) is 204 Å². The number of aryl methyl sites for hydroxylation is 1. The highest BCUT2D eigenvalue weighted by molar-refractivity contribution is 7.89. The van der Waals surface area contributed by atoms with Crippen LogP contribution < -0.4 is 5.73 Å². The minimum atomic E-state index is -3.08. The van der Waals surface area contributed by atoms with Crippen LogP contribution in [-0.4, -0.2) is 102 Å². The van der Waals surface area contributed by atoms with Crippen molar-refractivity contribution < 1.29 is 30.4 Å². The maximum absolute atomic E-state index is 13.5. The third-order valence-electron chi connectivity index (χ3n) is 23.5. The molecule has 0 bridgehead atoms.